The van der Waals surface area contributed by atoms with Gasteiger partial charge in [-0.05, 0) is 41.8 Å². The highest BCUT2D eigenvalue weighted by Crippen LogP contribution is 2.05. The predicted molar refractivity (Wildman–Crippen MR) is 93.3 cm³/mol. The van der Waals surface area contributed by atoms with Crippen molar-refractivity contribution >= 4 is 11.9 Å². The summed E-state index contributed by atoms with van der Waals surface area (Å²) in [5, 5.41) is 6.33. The van der Waals surface area contributed by atoms with Crippen LogP contribution in [0.3, 0.4) is 0 Å². The van der Waals surface area contributed by atoms with Crippen LogP contribution in [0.2, 0.25) is 0 Å². The molecule has 0 saturated carbocycles. The maximum Gasteiger partial charge on any atom is 0.248 e. The molecule has 0 fully saturated rings. The van der Waals surface area contributed by atoms with E-state index in [1.165, 1.54) is 12.1 Å². The fourth-order valence-corrected chi connectivity index (χ4v) is 2.26. The van der Waals surface area contributed by atoms with Crippen LogP contribution in [0.1, 0.15) is 21.5 Å². The second kappa shape index (κ2) is 8.67. The molecule has 4 N–H and O–H groups in total. The zero-order valence-corrected chi connectivity index (χ0v) is 13.6. The number of hydrogen-bond donors (Lipinski definition) is 3. The number of nitrogens with one attached hydrogen (secondary N) is 2. The summed E-state index contributed by atoms with van der Waals surface area (Å²) in [6.45, 7) is 1.14. The Kier molecular flexibility index (Phi) is 6.31. The Bertz CT molecular complexity index is 730. The number of nitrogens with two attached hydrogens (primary N) is 1. The van der Waals surface area contributed by atoms with Crippen molar-refractivity contribution in [2.75, 3.05) is 13.6 Å². The fraction of sp³-hybridized carbons (Fsp3) is 0.222. The summed E-state index contributed by atoms with van der Waals surface area (Å²) in [6, 6.07) is 13.6. The highest BCUT2D eigenvalue weighted by molar-refractivity contribution is 5.92. The van der Waals surface area contributed by atoms with Crippen LogP contribution in [-0.4, -0.2) is 25.5 Å². The summed E-state index contributed by atoms with van der Waals surface area (Å²) in [7, 11) is 1.68. The largest absolute Gasteiger partial charge is 0.366 e. The molecule has 24 heavy (non-hydrogen) atoms. The molecule has 0 atom stereocenters. The van der Waals surface area contributed by atoms with E-state index in [0.29, 0.717) is 31.0 Å². The van der Waals surface area contributed by atoms with E-state index in [1.54, 1.807) is 31.3 Å². The molecule has 0 spiro atoms. The van der Waals surface area contributed by atoms with E-state index >= 15 is 0 Å². The van der Waals surface area contributed by atoms with Gasteiger partial charge >= 0.3 is 0 Å². The molecule has 0 aliphatic heterocycles. The zero-order valence-electron chi connectivity index (χ0n) is 13.6. The summed E-state index contributed by atoms with van der Waals surface area (Å²) in [5.41, 5.74) is 7.60. The van der Waals surface area contributed by atoms with E-state index in [2.05, 4.69) is 15.6 Å². The average Bonchev–Trinajstić information content (AvgIpc) is 2.58. The highest BCUT2D eigenvalue weighted by atomic mass is 19.1. The Labute approximate surface area is 140 Å². The Hall–Kier alpha value is -2.89. The number of primary amides is 1. The van der Waals surface area contributed by atoms with Crippen LogP contribution in [0.25, 0.3) is 0 Å². The van der Waals surface area contributed by atoms with Gasteiger partial charge in [0.05, 0.1) is 0 Å². The standard InChI is InChI=1S/C18H21FN4O/c1-21-18(22-9-8-13-4-3-7-16(19)11-13)23-12-14-5-2-6-15(10-14)17(20)24/h2-7,10-11H,8-9,12H2,1H3,(H2,20,24)(H2,21,22,23). The van der Waals surface area contributed by atoms with Gasteiger partial charge in [0.15, 0.2) is 5.96 Å². The molecule has 0 radical (unpaired) electrons. The van der Waals surface area contributed by atoms with Crippen LogP contribution in [0.5, 0.6) is 0 Å². The van der Waals surface area contributed by atoms with Gasteiger partial charge in [0, 0.05) is 25.7 Å². The Balaban J connectivity index is 1.82. The van der Waals surface area contributed by atoms with E-state index in [9.17, 15) is 9.18 Å². The molecular weight excluding hydrogens is 307 g/mol. The van der Waals surface area contributed by atoms with Crippen molar-refractivity contribution in [3.05, 3.63) is 71.0 Å². The van der Waals surface area contributed by atoms with Crippen LogP contribution in [0.4, 0.5) is 4.39 Å². The number of rotatable bonds is 6. The molecule has 126 valence electrons. The van der Waals surface area contributed by atoms with Crippen molar-refractivity contribution < 1.29 is 9.18 Å². The van der Waals surface area contributed by atoms with Gasteiger partial charge in [0.2, 0.25) is 5.91 Å². The predicted octanol–water partition coefficient (Wildman–Crippen LogP) is 1.83. The monoisotopic (exact) mass is 328 g/mol. The van der Waals surface area contributed by atoms with Gasteiger partial charge in [-0.25, -0.2) is 4.39 Å². The fourth-order valence-electron chi connectivity index (χ4n) is 2.26. The molecule has 2 aromatic rings. The minimum atomic E-state index is -0.450. The lowest BCUT2D eigenvalue weighted by Gasteiger charge is -2.12. The van der Waals surface area contributed by atoms with E-state index < -0.39 is 5.91 Å². The van der Waals surface area contributed by atoms with Crippen LogP contribution in [-0.2, 0) is 13.0 Å². The first-order valence-electron chi connectivity index (χ1n) is 7.66. The first kappa shape index (κ1) is 17.5. The number of nitrogens with zero attached hydrogens (tertiary/aromatic N) is 1. The molecule has 2 rings (SSSR count). The van der Waals surface area contributed by atoms with E-state index in [0.717, 1.165) is 11.1 Å². The number of guanidine groups is 1. The Morgan fingerprint density at radius 3 is 2.58 bits per heavy atom. The van der Waals surface area contributed by atoms with Crippen LogP contribution < -0.4 is 16.4 Å². The number of aliphatic imine (C=N–C) groups is 1. The quantitative estimate of drug-likeness (QED) is 0.559. The first-order chi connectivity index (χ1) is 11.6. The van der Waals surface area contributed by atoms with E-state index in [4.69, 9.17) is 5.73 Å². The first-order valence-corrected chi connectivity index (χ1v) is 7.66. The molecule has 0 heterocycles. The number of hydrogen-bond acceptors (Lipinski definition) is 2. The lowest BCUT2D eigenvalue weighted by molar-refractivity contribution is 0.1000. The van der Waals surface area contributed by atoms with Crippen molar-refractivity contribution in [1.29, 1.82) is 0 Å². The van der Waals surface area contributed by atoms with Gasteiger partial charge in [0.1, 0.15) is 5.82 Å². The van der Waals surface area contributed by atoms with Crippen LogP contribution >= 0.6 is 0 Å². The minimum absolute atomic E-state index is 0.232. The van der Waals surface area contributed by atoms with Gasteiger partial charge in [-0.2, -0.15) is 0 Å². The van der Waals surface area contributed by atoms with E-state index in [-0.39, 0.29) is 5.82 Å². The smallest absolute Gasteiger partial charge is 0.248 e. The van der Waals surface area contributed by atoms with Gasteiger partial charge in [0.25, 0.3) is 0 Å². The third kappa shape index (κ3) is 5.39. The number of benzene rings is 2. The molecule has 0 aromatic heterocycles. The summed E-state index contributed by atoms with van der Waals surface area (Å²) in [6.07, 6.45) is 0.690. The van der Waals surface area contributed by atoms with Crippen molar-refractivity contribution in [1.82, 2.24) is 10.6 Å². The zero-order chi connectivity index (χ0) is 17.4. The van der Waals surface area contributed by atoms with Crippen molar-refractivity contribution in [2.24, 2.45) is 10.7 Å². The SMILES string of the molecule is CN=C(NCCc1cccc(F)c1)NCc1cccc(C(N)=O)c1. The van der Waals surface area contributed by atoms with Crippen molar-refractivity contribution in [3.8, 4) is 0 Å². The second-order valence-corrected chi connectivity index (χ2v) is 5.30. The van der Waals surface area contributed by atoms with Gasteiger partial charge < -0.3 is 16.4 Å². The third-order valence-corrected chi connectivity index (χ3v) is 3.49. The van der Waals surface area contributed by atoms with Crippen molar-refractivity contribution in [3.63, 3.8) is 0 Å². The molecule has 5 nitrogen and oxygen atoms in total. The maximum absolute atomic E-state index is 13.1. The topological polar surface area (TPSA) is 79.5 Å². The second-order valence-electron chi connectivity index (χ2n) is 5.30. The molecule has 2 aromatic carbocycles. The number of halogens is 1. The number of carbonyl (C=O) groups is 1. The molecule has 1 amide bonds. The Morgan fingerprint density at radius 2 is 1.88 bits per heavy atom. The van der Waals surface area contributed by atoms with Gasteiger partial charge in [-0.3, -0.25) is 9.79 Å². The number of carbonyl (C=O) groups excluding carboxylic acids is 1. The summed E-state index contributed by atoms with van der Waals surface area (Å²) < 4.78 is 13.1. The van der Waals surface area contributed by atoms with Gasteiger partial charge in [-0.15, -0.1) is 0 Å². The normalized spacial score (nSPS) is 11.2. The molecule has 0 unspecified atom stereocenters. The molecule has 0 saturated heterocycles. The number of amides is 1. The lowest BCUT2D eigenvalue weighted by atomic mass is 10.1. The molecule has 0 aliphatic carbocycles. The van der Waals surface area contributed by atoms with Gasteiger partial charge in [-0.1, -0.05) is 24.3 Å². The summed E-state index contributed by atoms with van der Waals surface area (Å²) >= 11 is 0. The lowest BCUT2D eigenvalue weighted by Crippen LogP contribution is -2.37. The van der Waals surface area contributed by atoms with Crippen LogP contribution in [0, 0.1) is 5.82 Å². The average molecular weight is 328 g/mol. The van der Waals surface area contributed by atoms with Crippen LogP contribution in [0.15, 0.2) is 53.5 Å². The summed E-state index contributed by atoms with van der Waals surface area (Å²) in [5.74, 6) is -0.0466. The minimum Gasteiger partial charge on any atom is -0.366 e. The molecule has 0 aliphatic rings. The van der Waals surface area contributed by atoms with Crippen molar-refractivity contribution in [2.45, 2.75) is 13.0 Å². The molecule has 6 heteroatoms. The molecule has 0 bridgehead atoms. The highest BCUT2D eigenvalue weighted by Gasteiger charge is 2.03. The molecular formula is C18H21FN4O. The third-order valence-electron chi connectivity index (χ3n) is 3.49. The summed E-state index contributed by atoms with van der Waals surface area (Å²) in [4.78, 5) is 15.3. The Morgan fingerprint density at radius 1 is 1.12 bits per heavy atom. The maximum atomic E-state index is 13.1. The van der Waals surface area contributed by atoms with E-state index in [1.807, 2.05) is 12.1 Å².